The van der Waals surface area contributed by atoms with Gasteiger partial charge in [-0.25, -0.2) is 9.31 Å². The number of nitrogens with one attached hydrogen (secondary N) is 1. The topological polar surface area (TPSA) is 109 Å². The summed E-state index contributed by atoms with van der Waals surface area (Å²) in [4.78, 5) is 19.5. The molecule has 0 saturated carbocycles. The number of β-amino-alcohol motifs (C(OH)–C–C–N with tert-alkyl or cyclic N) is 1. The molecule has 0 spiro atoms. The standard InChI is InChI=1S/C29H33N5O4S/c1-29(2,3)38-28(36)33-16-14-23(25(35)18-33)20-7-5-8-21(17-20)30-27-31-26-24(9-6-15-34(26)32-27)19-10-12-22(13-11-19)39(4)37/h5-13,15,17,23,25,35H,14,16,18H2,1-4H3,(H,30,32). The van der Waals surface area contributed by atoms with Crippen molar-refractivity contribution in [1.82, 2.24) is 19.5 Å². The lowest BCUT2D eigenvalue weighted by Gasteiger charge is -2.37. The Kier molecular flexibility index (Phi) is 7.42. The molecule has 2 N–H and O–H groups in total. The van der Waals surface area contributed by atoms with Gasteiger partial charge in [-0.05, 0) is 74.7 Å². The van der Waals surface area contributed by atoms with Gasteiger partial charge in [0, 0.05) is 51.9 Å². The molecule has 1 amide bonds. The van der Waals surface area contributed by atoms with Gasteiger partial charge in [0.15, 0.2) is 5.65 Å². The van der Waals surface area contributed by atoms with Crippen molar-refractivity contribution in [1.29, 1.82) is 0 Å². The van der Waals surface area contributed by atoms with Crippen molar-refractivity contribution in [3.8, 4) is 11.1 Å². The molecule has 2 aromatic carbocycles. The van der Waals surface area contributed by atoms with Gasteiger partial charge in [0.05, 0.1) is 12.6 Å². The quantitative estimate of drug-likeness (QED) is 0.363. The van der Waals surface area contributed by atoms with Gasteiger partial charge < -0.3 is 20.1 Å². The maximum absolute atomic E-state index is 12.4. The number of nitrogens with zero attached hydrogens (tertiary/aromatic N) is 4. The molecule has 1 saturated heterocycles. The molecule has 1 aliphatic heterocycles. The third kappa shape index (κ3) is 6.12. The minimum absolute atomic E-state index is 0.105. The maximum atomic E-state index is 12.4. The van der Waals surface area contributed by atoms with E-state index in [4.69, 9.17) is 9.72 Å². The molecule has 3 unspecified atom stereocenters. The number of hydrogen-bond acceptors (Lipinski definition) is 7. The van der Waals surface area contributed by atoms with Gasteiger partial charge in [-0.2, -0.15) is 4.98 Å². The lowest BCUT2D eigenvalue weighted by molar-refractivity contribution is -0.00151. The summed E-state index contributed by atoms with van der Waals surface area (Å²) in [6, 6.07) is 19.4. The lowest BCUT2D eigenvalue weighted by Crippen LogP contribution is -2.47. The average Bonchev–Trinajstić information content (AvgIpc) is 3.30. The minimum atomic E-state index is -1.04. The number of benzene rings is 2. The highest BCUT2D eigenvalue weighted by molar-refractivity contribution is 7.84. The number of fused-ring (bicyclic) bond motifs is 1. The van der Waals surface area contributed by atoms with Gasteiger partial charge in [0.1, 0.15) is 5.60 Å². The summed E-state index contributed by atoms with van der Waals surface area (Å²) in [7, 11) is -1.04. The zero-order chi connectivity index (χ0) is 27.7. The molecule has 5 rings (SSSR count). The second-order valence-corrected chi connectivity index (χ2v) is 12.1. The summed E-state index contributed by atoms with van der Waals surface area (Å²) in [6.07, 6.45) is 3.04. The van der Waals surface area contributed by atoms with Gasteiger partial charge in [-0.15, -0.1) is 5.10 Å². The predicted octanol–water partition coefficient (Wildman–Crippen LogP) is 4.96. The largest absolute Gasteiger partial charge is 0.444 e. The van der Waals surface area contributed by atoms with Crippen molar-refractivity contribution in [3.05, 3.63) is 72.4 Å². The molecule has 204 valence electrons. The molecular formula is C29H33N5O4S. The fourth-order valence-corrected chi connectivity index (χ4v) is 5.32. The number of piperidine rings is 1. The molecule has 10 heteroatoms. The first kappa shape index (κ1) is 26.8. The number of aromatic nitrogens is 3. The number of aliphatic hydroxyl groups excluding tert-OH is 1. The molecule has 4 aromatic rings. The number of amides is 1. The van der Waals surface area contributed by atoms with E-state index in [-0.39, 0.29) is 12.5 Å². The number of hydrogen-bond donors (Lipinski definition) is 2. The van der Waals surface area contributed by atoms with Gasteiger partial charge in [0.2, 0.25) is 5.95 Å². The lowest BCUT2D eigenvalue weighted by atomic mass is 9.87. The molecule has 0 bridgehead atoms. The fraction of sp³-hybridized carbons (Fsp3) is 0.345. The van der Waals surface area contributed by atoms with Crippen molar-refractivity contribution in [3.63, 3.8) is 0 Å². The zero-order valence-electron chi connectivity index (χ0n) is 22.5. The van der Waals surface area contributed by atoms with Crippen LogP contribution in [0, 0.1) is 0 Å². The predicted molar refractivity (Wildman–Crippen MR) is 152 cm³/mol. The van der Waals surface area contributed by atoms with E-state index in [2.05, 4.69) is 10.4 Å². The highest BCUT2D eigenvalue weighted by Gasteiger charge is 2.33. The van der Waals surface area contributed by atoms with Crippen LogP contribution < -0.4 is 5.32 Å². The van der Waals surface area contributed by atoms with Crippen LogP contribution in [-0.2, 0) is 15.5 Å². The highest BCUT2D eigenvalue weighted by atomic mass is 32.2. The molecule has 3 heterocycles. The normalized spacial score (nSPS) is 18.6. The molecule has 0 aliphatic carbocycles. The van der Waals surface area contributed by atoms with Crippen molar-refractivity contribution >= 4 is 34.2 Å². The van der Waals surface area contributed by atoms with E-state index in [1.54, 1.807) is 15.7 Å². The first-order valence-corrected chi connectivity index (χ1v) is 14.5. The Bertz CT molecular complexity index is 1510. The molecule has 1 aliphatic rings. The number of carbonyl (C=O) groups is 1. The number of aliphatic hydroxyl groups is 1. The Balaban J connectivity index is 1.32. The summed E-state index contributed by atoms with van der Waals surface area (Å²) < 4.78 is 18.9. The van der Waals surface area contributed by atoms with Crippen molar-refractivity contribution in [2.75, 3.05) is 24.7 Å². The van der Waals surface area contributed by atoms with E-state index in [0.717, 1.165) is 27.3 Å². The molecule has 3 atom stereocenters. The van der Waals surface area contributed by atoms with Crippen LogP contribution in [-0.4, -0.2) is 66.0 Å². The molecule has 9 nitrogen and oxygen atoms in total. The fourth-order valence-electron chi connectivity index (χ4n) is 4.80. The zero-order valence-corrected chi connectivity index (χ0v) is 23.3. The number of rotatable bonds is 5. The number of carbonyl (C=O) groups excluding carboxylic acids is 1. The summed E-state index contributed by atoms with van der Waals surface area (Å²) >= 11 is 0. The van der Waals surface area contributed by atoms with Gasteiger partial charge in [-0.3, -0.25) is 4.21 Å². The van der Waals surface area contributed by atoms with Gasteiger partial charge in [0.25, 0.3) is 0 Å². The SMILES string of the molecule is CS(=O)c1ccc(-c2cccn3nc(Nc4cccc(C5CCN(C(=O)OC(C)(C)C)CC5O)c4)nc23)cc1. The third-order valence-electron chi connectivity index (χ3n) is 6.66. The Hall–Kier alpha value is -3.76. The summed E-state index contributed by atoms with van der Waals surface area (Å²) in [5, 5.41) is 18.8. The molecule has 0 radical (unpaired) electrons. The van der Waals surface area contributed by atoms with Crippen LogP contribution in [0.25, 0.3) is 16.8 Å². The van der Waals surface area contributed by atoms with Crippen LogP contribution in [0.3, 0.4) is 0 Å². The van der Waals surface area contributed by atoms with E-state index >= 15 is 0 Å². The Morgan fingerprint density at radius 2 is 1.90 bits per heavy atom. The second-order valence-electron chi connectivity index (χ2n) is 10.7. The van der Waals surface area contributed by atoms with Crippen molar-refractivity contribution in [2.45, 2.75) is 49.7 Å². The van der Waals surface area contributed by atoms with E-state index in [1.807, 2.05) is 87.6 Å². The minimum Gasteiger partial charge on any atom is -0.444 e. The van der Waals surface area contributed by atoms with E-state index in [0.29, 0.717) is 24.6 Å². The maximum Gasteiger partial charge on any atom is 0.410 e. The smallest absolute Gasteiger partial charge is 0.410 e. The third-order valence-corrected chi connectivity index (χ3v) is 7.60. The first-order valence-electron chi connectivity index (χ1n) is 12.9. The Labute approximate surface area is 230 Å². The van der Waals surface area contributed by atoms with Crippen LogP contribution in [0.4, 0.5) is 16.4 Å². The van der Waals surface area contributed by atoms with E-state index in [9.17, 15) is 14.1 Å². The Morgan fingerprint density at radius 1 is 1.13 bits per heavy atom. The Morgan fingerprint density at radius 3 is 2.59 bits per heavy atom. The van der Waals surface area contributed by atoms with E-state index in [1.165, 1.54) is 0 Å². The van der Waals surface area contributed by atoms with Crippen molar-refractivity contribution in [2.24, 2.45) is 0 Å². The van der Waals surface area contributed by atoms with Crippen LogP contribution in [0.5, 0.6) is 0 Å². The van der Waals surface area contributed by atoms with Crippen LogP contribution in [0.1, 0.15) is 38.7 Å². The molecule has 39 heavy (non-hydrogen) atoms. The number of likely N-dealkylation sites (tertiary alicyclic amines) is 1. The first-order chi connectivity index (χ1) is 18.6. The number of ether oxygens (including phenoxy) is 1. The highest BCUT2D eigenvalue weighted by Crippen LogP contribution is 2.32. The summed E-state index contributed by atoms with van der Waals surface area (Å²) in [5.74, 6) is 0.345. The van der Waals surface area contributed by atoms with Crippen LogP contribution >= 0.6 is 0 Å². The van der Waals surface area contributed by atoms with Gasteiger partial charge >= 0.3 is 6.09 Å². The van der Waals surface area contributed by atoms with Crippen LogP contribution in [0.15, 0.2) is 71.8 Å². The van der Waals surface area contributed by atoms with Gasteiger partial charge in [-0.1, -0.05) is 24.3 Å². The summed E-state index contributed by atoms with van der Waals surface area (Å²) in [6.45, 7) is 6.24. The van der Waals surface area contributed by atoms with E-state index < -0.39 is 28.6 Å². The summed E-state index contributed by atoms with van der Waals surface area (Å²) in [5.41, 5.74) is 3.79. The monoisotopic (exact) mass is 547 g/mol. The molecular weight excluding hydrogens is 514 g/mol. The second kappa shape index (κ2) is 10.8. The average molecular weight is 548 g/mol. The van der Waals surface area contributed by atoms with Crippen molar-refractivity contribution < 1.29 is 18.8 Å². The molecule has 2 aromatic heterocycles. The number of anilines is 2. The molecule has 1 fully saturated rings. The number of pyridine rings is 1. The van der Waals surface area contributed by atoms with Crippen LogP contribution in [0.2, 0.25) is 0 Å².